The van der Waals surface area contributed by atoms with Crippen molar-refractivity contribution in [3.05, 3.63) is 23.0 Å². The number of methoxy groups -OCH3 is 1. The van der Waals surface area contributed by atoms with Crippen molar-refractivity contribution in [3.8, 4) is 5.75 Å². The van der Waals surface area contributed by atoms with Crippen molar-refractivity contribution in [2.24, 2.45) is 11.7 Å². The number of hydrogen-bond acceptors (Lipinski definition) is 4. The van der Waals surface area contributed by atoms with Crippen LogP contribution in [0.4, 0.5) is 0 Å². The van der Waals surface area contributed by atoms with Gasteiger partial charge in [0, 0.05) is 48.7 Å². The van der Waals surface area contributed by atoms with Crippen LogP contribution in [0, 0.1) is 19.8 Å². The summed E-state index contributed by atoms with van der Waals surface area (Å²) in [4.78, 5) is 4.51. The van der Waals surface area contributed by atoms with Gasteiger partial charge in [-0.2, -0.15) is 0 Å². The lowest BCUT2D eigenvalue weighted by atomic mass is 9.95. The van der Waals surface area contributed by atoms with Gasteiger partial charge in [-0.1, -0.05) is 0 Å². The Morgan fingerprint density at radius 1 is 1.53 bits per heavy atom. The predicted octanol–water partition coefficient (Wildman–Crippen LogP) is 2.00. The molecule has 4 nitrogen and oxygen atoms in total. The van der Waals surface area contributed by atoms with Crippen LogP contribution in [0.2, 0.25) is 0 Å². The summed E-state index contributed by atoms with van der Waals surface area (Å²) in [6.45, 7) is 5.81. The van der Waals surface area contributed by atoms with E-state index in [1.807, 2.05) is 13.1 Å². The summed E-state index contributed by atoms with van der Waals surface area (Å²) in [6.07, 6.45) is 4.82. The van der Waals surface area contributed by atoms with E-state index in [4.69, 9.17) is 15.2 Å². The van der Waals surface area contributed by atoms with Crippen molar-refractivity contribution in [1.29, 1.82) is 0 Å². The molecule has 0 aliphatic carbocycles. The van der Waals surface area contributed by atoms with E-state index in [1.54, 1.807) is 7.11 Å². The molecule has 0 spiro atoms. The minimum Gasteiger partial charge on any atom is -0.496 e. The van der Waals surface area contributed by atoms with Crippen LogP contribution in [0.15, 0.2) is 6.20 Å². The Hall–Kier alpha value is -1.13. The molecule has 2 rings (SSSR count). The maximum atomic E-state index is 6.25. The molecule has 2 heterocycles. The van der Waals surface area contributed by atoms with Gasteiger partial charge in [0.2, 0.25) is 0 Å². The summed E-state index contributed by atoms with van der Waals surface area (Å²) in [6, 6.07) is 0.144. The minimum absolute atomic E-state index is 0.144. The largest absolute Gasteiger partial charge is 0.496 e. The summed E-state index contributed by atoms with van der Waals surface area (Å²) >= 11 is 0. The van der Waals surface area contributed by atoms with Gasteiger partial charge in [0.25, 0.3) is 0 Å². The molecule has 0 aromatic carbocycles. The number of ether oxygens (including phenoxy) is 2. The molecular formula is C15H24N2O2. The number of hydrogen-bond donors (Lipinski definition) is 1. The smallest absolute Gasteiger partial charge is 0.128 e. The molecule has 2 atom stereocenters. The fourth-order valence-corrected chi connectivity index (χ4v) is 2.81. The summed E-state index contributed by atoms with van der Waals surface area (Å²) in [7, 11) is 1.70. The van der Waals surface area contributed by atoms with Crippen LogP contribution >= 0.6 is 0 Å². The van der Waals surface area contributed by atoms with Crippen molar-refractivity contribution in [2.45, 2.75) is 39.2 Å². The highest BCUT2D eigenvalue weighted by atomic mass is 16.5. The van der Waals surface area contributed by atoms with E-state index in [0.29, 0.717) is 5.92 Å². The molecule has 1 saturated heterocycles. The first kappa shape index (κ1) is 14.3. The fourth-order valence-electron chi connectivity index (χ4n) is 2.81. The molecule has 4 heteroatoms. The molecule has 0 amide bonds. The molecule has 1 aromatic rings. The van der Waals surface area contributed by atoms with Crippen LogP contribution in [0.25, 0.3) is 0 Å². The predicted molar refractivity (Wildman–Crippen MR) is 75.5 cm³/mol. The lowest BCUT2D eigenvalue weighted by Crippen LogP contribution is -2.27. The number of aromatic nitrogens is 1. The Balaban J connectivity index is 2.01. The maximum absolute atomic E-state index is 6.25. The van der Waals surface area contributed by atoms with E-state index in [9.17, 15) is 0 Å². The highest BCUT2D eigenvalue weighted by molar-refractivity contribution is 5.41. The van der Waals surface area contributed by atoms with Gasteiger partial charge in [0.1, 0.15) is 5.75 Å². The van der Waals surface area contributed by atoms with Gasteiger partial charge in [-0.15, -0.1) is 0 Å². The van der Waals surface area contributed by atoms with Crippen LogP contribution < -0.4 is 10.5 Å². The third-order valence-corrected chi connectivity index (χ3v) is 3.87. The first-order chi connectivity index (χ1) is 9.11. The Labute approximate surface area is 115 Å². The van der Waals surface area contributed by atoms with Gasteiger partial charge < -0.3 is 15.2 Å². The molecule has 19 heavy (non-hydrogen) atoms. The second-order valence-electron chi connectivity index (χ2n) is 5.48. The normalized spacial score (nSPS) is 20.5. The Bertz CT molecular complexity index is 428. The first-order valence-corrected chi connectivity index (χ1v) is 6.94. The van der Waals surface area contributed by atoms with Crippen molar-refractivity contribution in [2.75, 3.05) is 20.3 Å². The number of pyridine rings is 1. The Kier molecular flexibility index (Phi) is 4.77. The molecule has 2 unspecified atom stereocenters. The van der Waals surface area contributed by atoms with Gasteiger partial charge in [-0.05, 0) is 32.6 Å². The average molecular weight is 264 g/mol. The van der Waals surface area contributed by atoms with Gasteiger partial charge in [-0.3, -0.25) is 4.98 Å². The highest BCUT2D eigenvalue weighted by Crippen LogP contribution is 2.25. The molecule has 106 valence electrons. The monoisotopic (exact) mass is 264 g/mol. The van der Waals surface area contributed by atoms with E-state index in [1.165, 1.54) is 0 Å². The van der Waals surface area contributed by atoms with Gasteiger partial charge in [0.05, 0.1) is 7.11 Å². The summed E-state index contributed by atoms with van der Waals surface area (Å²) in [5.74, 6) is 1.55. The lowest BCUT2D eigenvalue weighted by Gasteiger charge is -2.17. The van der Waals surface area contributed by atoms with Crippen molar-refractivity contribution >= 4 is 0 Å². The van der Waals surface area contributed by atoms with Gasteiger partial charge >= 0.3 is 0 Å². The molecule has 1 fully saturated rings. The Morgan fingerprint density at radius 3 is 2.95 bits per heavy atom. The molecule has 1 aromatic heterocycles. The van der Waals surface area contributed by atoms with Gasteiger partial charge in [-0.25, -0.2) is 0 Å². The zero-order chi connectivity index (χ0) is 13.8. The molecule has 2 N–H and O–H groups in total. The van der Waals surface area contributed by atoms with E-state index >= 15 is 0 Å². The second kappa shape index (κ2) is 6.35. The number of aryl methyl sites for hydroxylation is 1. The van der Waals surface area contributed by atoms with E-state index in [0.717, 1.165) is 55.0 Å². The Morgan fingerprint density at radius 2 is 2.32 bits per heavy atom. The van der Waals surface area contributed by atoms with Crippen LogP contribution in [0.3, 0.4) is 0 Å². The summed E-state index contributed by atoms with van der Waals surface area (Å²) < 4.78 is 10.8. The first-order valence-electron chi connectivity index (χ1n) is 6.94. The third kappa shape index (κ3) is 3.45. The minimum atomic E-state index is 0.144. The van der Waals surface area contributed by atoms with Crippen molar-refractivity contribution in [3.63, 3.8) is 0 Å². The number of nitrogens with two attached hydrogens (primary N) is 1. The number of rotatable bonds is 5. The van der Waals surface area contributed by atoms with E-state index in [-0.39, 0.29) is 6.04 Å². The molecule has 1 aliphatic rings. The molecule has 0 bridgehead atoms. The number of nitrogens with zero attached hydrogens (tertiary/aromatic N) is 1. The van der Waals surface area contributed by atoms with Crippen molar-refractivity contribution in [1.82, 2.24) is 4.98 Å². The van der Waals surface area contributed by atoms with Crippen molar-refractivity contribution < 1.29 is 9.47 Å². The molecule has 1 aliphatic heterocycles. The van der Waals surface area contributed by atoms with E-state index in [2.05, 4.69) is 11.9 Å². The third-order valence-electron chi connectivity index (χ3n) is 3.87. The lowest BCUT2D eigenvalue weighted by molar-refractivity contribution is 0.182. The van der Waals surface area contributed by atoms with Crippen LogP contribution in [-0.4, -0.2) is 31.3 Å². The molecule has 0 radical (unpaired) electrons. The van der Waals surface area contributed by atoms with Crippen LogP contribution in [0.5, 0.6) is 5.75 Å². The zero-order valence-electron chi connectivity index (χ0n) is 12.1. The average Bonchev–Trinajstić information content (AvgIpc) is 2.86. The zero-order valence-corrected chi connectivity index (χ0v) is 12.1. The maximum Gasteiger partial charge on any atom is 0.128 e. The van der Waals surface area contributed by atoms with Crippen LogP contribution in [-0.2, 0) is 11.2 Å². The molecular weight excluding hydrogens is 240 g/mol. The highest BCUT2D eigenvalue weighted by Gasteiger charge is 2.20. The molecule has 0 saturated carbocycles. The SMILES string of the molecule is COc1c(C)cnc(CC(N)CC2CCOC2)c1C. The van der Waals surface area contributed by atoms with Crippen LogP contribution in [0.1, 0.15) is 29.7 Å². The van der Waals surface area contributed by atoms with E-state index < -0.39 is 0 Å². The quantitative estimate of drug-likeness (QED) is 0.883. The topological polar surface area (TPSA) is 57.4 Å². The fraction of sp³-hybridized carbons (Fsp3) is 0.667. The summed E-state index contributed by atoms with van der Waals surface area (Å²) in [5, 5.41) is 0. The van der Waals surface area contributed by atoms with Gasteiger partial charge in [0.15, 0.2) is 0 Å². The standard InChI is InChI=1S/C15H24N2O2/c1-10-8-17-14(11(2)15(10)18-3)7-13(16)6-12-4-5-19-9-12/h8,12-13H,4-7,9,16H2,1-3H3. The second-order valence-corrected chi connectivity index (χ2v) is 5.48. The summed E-state index contributed by atoms with van der Waals surface area (Å²) in [5.41, 5.74) is 9.48.